The van der Waals surface area contributed by atoms with Crippen molar-refractivity contribution in [1.29, 1.82) is 0 Å². The molecule has 1 atom stereocenters. The van der Waals surface area contributed by atoms with Gasteiger partial charge in [-0.05, 0) is 25.0 Å². The zero-order chi connectivity index (χ0) is 12.1. The molecule has 0 aliphatic heterocycles. The van der Waals surface area contributed by atoms with E-state index in [0.29, 0.717) is 6.04 Å². The molecule has 2 heterocycles. The van der Waals surface area contributed by atoms with Gasteiger partial charge < -0.3 is 9.88 Å². The maximum Gasteiger partial charge on any atom is 0.109 e. The fraction of sp³-hybridized carbons (Fsp3) is 0.462. The van der Waals surface area contributed by atoms with Crippen LogP contribution in [0.3, 0.4) is 0 Å². The summed E-state index contributed by atoms with van der Waals surface area (Å²) in [6.45, 7) is 6.35. The van der Waals surface area contributed by atoms with Crippen molar-refractivity contribution in [3.05, 3.63) is 40.6 Å². The van der Waals surface area contributed by atoms with Gasteiger partial charge in [-0.2, -0.15) is 0 Å². The van der Waals surface area contributed by atoms with Crippen LogP contribution in [0.15, 0.2) is 30.0 Å². The van der Waals surface area contributed by atoms with Crippen LogP contribution in [0.2, 0.25) is 0 Å². The maximum atomic E-state index is 4.31. The topological polar surface area (TPSA) is 29.9 Å². The van der Waals surface area contributed by atoms with Crippen molar-refractivity contribution in [2.75, 3.05) is 0 Å². The number of aromatic nitrogens is 2. The molecule has 17 heavy (non-hydrogen) atoms. The van der Waals surface area contributed by atoms with Crippen LogP contribution < -0.4 is 5.32 Å². The van der Waals surface area contributed by atoms with E-state index in [2.05, 4.69) is 47.2 Å². The summed E-state index contributed by atoms with van der Waals surface area (Å²) in [5.41, 5.74) is 1.34. The normalized spacial score (nSPS) is 12.8. The SMILES string of the molecule is CCCn1ccc(CNC(C)c2nccs2)c1. The molecular formula is C13H19N3S. The second kappa shape index (κ2) is 5.98. The van der Waals surface area contributed by atoms with Crippen molar-refractivity contribution < 1.29 is 0 Å². The van der Waals surface area contributed by atoms with Crippen molar-refractivity contribution in [1.82, 2.24) is 14.9 Å². The lowest BCUT2D eigenvalue weighted by molar-refractivity contribution is 0.570. The third-order valence-electron chi connectivity index (χ3n) is 2.73. The van der Waals surface area contributed by atoms with E-state index < -0.39 is 0 Å². The van der Waals surface area contributed by atoms with Gasteiger partial charge in [0.1, 0.15) is 5.01 Å². The number of thiazole rings is 1. The third kappa shape index (κ3) is 3.41. The summed E-state index contributed by atoms with van der Waals surface area (Å²) in [6, 6.07) is 2.50. The van der Waals surface area contributed by atoms with Crippen LogP contribution in [0.25, 0.3) is 0 Å². The summed E-state index contributed by atoms with van der Waals surface area (Å²) in [5.74, 6) is 0. The fourth-order valence-electron chi connectivity index (χ4n) is 1.80. The molecule has 0 aliphatic rings. The quantitative estimate of drug-likeness (QED) is 0.852. The molecule has 2 aromatic rings. The maximum absolute atomic E-state index is 4.31. The van der Waals surface area contributed by atoms with Gasteiger partial charge in [0.05, 0.1) is 6.04 Å². The Balaban J connectivity index is 1.84. The molecule has 1 unspecified atom stereocenters. The first-order valence-corrected chi connectivity index (χ1v) is 6.95. The largest absolute Gasteiger partial charge is 0.354 e. The van der Waals surface area contributed by atoms with E-state index in [1.165, 1.54) is 12.0 Å². The van der Waals surface area contributed by atoms with Gasteiger partial charge in [0, 0.05) is 37.1 Å². The van der Waals surface area contributed by atoms with E-state index >= 15 is 0 Å². The molecule has 0 saturated carbocycles. The first kappa shape index (κ1) is 12.3. The summed E-state index contributed by atoms with van der Waals surface area (Å²) in [7, 11) is 0. The summed E-state index contributed by atoms with van der Waals surface area (Å²) >= 11 is 1.70. The van der Waals surface area contributed by atoms with Gasteiger partial charge in [-0.1, -0.05) is 6.92 Å². The van der Waals surface area contributed by atoms with E-state index in [4.69, 9.17) is 0 Å². The number of aryl methyl sites for hydroxylation is 1. The van der Waals surface area contributed by atoms with Crippen LogP contribution in [0.1, 0.15) is 36.9 Å². The van der Waals surface area contributed by atoms with Crippen LogP contribution in [0.4, 0.5) is 0 Å². The Hall–Kier alpha value is -1.13. The summed E-state index contributed by atoms with van der Waals surface area (Å²) in [4.78, 5) is 4.31. The molecule has 0 saturated heterocycles. The van der Waals surface area contributed by atoms with Gasteiger partial charge >= 0.3 is 0 Å². The molecule has 0 aliphatic carbocycles. The molecule has 92 valence electrons. The highest BCUT2D eigenvalue weighted by atomic mass is 32.1. The summed E-state index contributed by atoms with van der Waals surface area (Å²) in [6.07, 6.45) is 7.40. The van der Waals surface area contributed by atoms with Crippen LogP contribution in [0.5, 0.6) is 0 Å². The molecule has 3 nitrogen and oxygen atoms in total. The van der Waals surface area contributed by atoms with Gasteiger partial charge in [-0.25, -0.2) is 4.98 Å². The Labute approximate surface area is 107 Å². The molecule has 0 aromatic carbocycles. The smallest absolute Gasteiger partial charge is 0.109 e. The average molecular weight is 249 g/mol. The second-order valence-electron chi connectivity index (χ2n) is 4.23. The first-order valence-electron chi connectivity index (χ1n) is 6.07. The monoisotopic (exact) mass is 249 g/mol. The first-order chi connectivity index (χ1) is 8.29. The predicted molar refractivity (Wildman–Crippen MR) is 72.1 cm³/mol. The molecule has 1 N–H and O–H groups in total. The summed E-state index contributed by atoms with van der Waals surface area (Å²) in [5, 5.41) is 6.66. The molecule has 0 fully saturated rings. The number of nitrogens with one attached hydrogen (secondary N) is 1. The minimum atomic E-state index is 0.324. The van der Waals surface area contributed by atoms with Crippen LogP contribution >= 0.6 is 11.3 Å². The van der Waals surface area contributed by atoms with Gasteiger partial charge in [-0.15, -0.1) is 11.3 Å². The highest BCUT2D eigenvalue weighted by Crippen LogP contribution is 2.15. The minimum absolute atomic E-state index is 0.324. The lowest BCUT2D eigenvalue weighted by Crippen LogP contribution is -2.17. The van der Waals surface area contributed by atoms with Crippen molar-refractivity contribution in [3.8, 4) is 0 Å². The molecule has 0 spiro atoms. The van der Waals surface area contributed by atoms with E-state index in [9.17, 15) is 0 Å². The fourth-order valence-corrected chi connectivity index (χ4v) is 2.47. The van der Waals surface area contributed by atoms with Crippen molar-refractivity contribution in [3.63, 3.8) is 0 Å². The highest BCUT2D eigenvalue weighted by molar-refractivity contribution is 7.09. The van der Waals surface area contributed by atoms with E-state index in [1.807, 2.05) is 11.6 Å². The van der Waals surface area contributed by atoms with Crippen molar-refractivity contribution >= 4 is 11.3 Å². The Kier molecular flexibility index (Phi) is 4.34. The van der Waals surface area contributed by atoms with E-state index in [0.717, 1.165) is 18.1 Å². The van der Waals surface area contributed by atoms with Gasteiger partial charge in [0.2, 0.25) is 0 Å². The zero-order valence-electron chi connectivity index (χ0n) is 10.4. The highest BCUT2D eigenvalue weighted by Gasteiger charge is 2.07. The van der Waals surface area contributed by atoms with E-state index in [-0.39, 0.29) is 0 Å². The lowest BCUT2D eigenvalue weighted by Gasteiger charge is -2.09. The Morgan fingerprint density at radius 2 is 2.41 bits per heavy atom. The van der Waals surface area contributed by atoms with Crippen molar-refractivity contribution in [2.45, 2.75) is 39.4 Å². The van der Waals surface area contributed by atoms with Gasteiger partial charge in [0.15, 0.2) is 0 Å². The number of hydrogen-bond donors (Lipinski definition) is 1. The van der Waals surface area contributed by atoms with Crippen LogP contribution in [0, 0.1) is 0 Å². The van der Waals surface area contributed by atoms with Crippen LogP contribution in [-0.4, -0.2) is 9.55 Å². The Morgan fingerprint density at radius 1 is 1.53 bits per heavy atom. The Morgan fingerprint density at radius 3 is 3.12 bits per heavy atom. The van der Waals surface area contributed by atoms with Crippen molar-refractivity contribution in [2.24, 2.45) is 0 Å². The summed E-state index contributed by atoms with van der Waals surface area (Å²) < 4.78 is 2.24. The molecule has 0 amide bonds. The minimum Gasteiger partial charge on any atom is -0.354 e. The predicted octanol–water partition coefficient (Wildman–Crippen LogP) is 3.21. The standard InChI is InChI=1S/C13H19N3S/c1-3-6-16-7-4-12(10-16)9-15-11(2)13-14-5-8-17-13/h4-5,7-8,10-11,15H,3,6,9H2,1-2H3. The number of nitrogens with zero attached hydrogens (tertiary/aromatic N) is 2. The molecule has 2 rings (SSSR count). The second-order valence-corrected chi connectivity index (χ2v) is 5.16. The third-order valence-corrected chi connectivity index (χ3v) is 3.69. The molecule has 4 heteroatoms. The van der Waals surface area contributed by atoms with E-state index in [1.54, 1.807) is 11.3 Å². The zero-order valence-corrected chi connectivity index (χ0v) is 11.2. The molecule has 0 radical (unpaired) electrons. The number of rotatable bonds is 6. The molecule has 0 bridgehead atoms. The van der Waals surface area contributed by atoms with Gasteiger partial charge in [-0.3, -0.25) is 0 Å². The molecule has 2 aromatic heterocycles. The Bertz CT molecular complexity index is 433. The number of hydrogen-bond acceptors (Lipinski definition) is 3. The molecular weight excluding hydrogens is 230 g/mol. The average Bonchev–Trinajstić information content (AvgIpc) is 2.97. The lowest BCUT2D eigenvalue weighted by atomic mass is 10.3. The van der Waals surface area contributed by atoms with Gasteiger partial charge in [0.25, 0.3) is 0 Å². The van der Waals surface area contributed by atoms with Crippen LogP contribution in [-0.2, 0) is 13.1 Å².